The standard InChI is InChI=1S/C19H29N5O2/c1-4-5-17(14(2)22-13-20)26-16-6-9-21-18(12-16)23-19(25)15-7-10-24(3)11-8-15/h5-6,9,12,15H,4,7-8,10-11,13,20H2,1-3H3,(H,21,23,25)/b17-5+,22-14?. The molecule has 0 spiro atoms. The summed E-state index contributed by atoms with van der Waals surface area (Å²) in [6, 6.07) is 3.48. The molecule has 1 aliphatic heterocycles. The van der Waals surface area contributed by atoms with Crippen LogP contribution < -0.4 is 15.8 Å². The number of nitrogens with one attached hydrogen (secondary N) is 1. The third-order valence-corrected chi connectivity index (χ3v) is 4.37. The maximum atomic E-state index is 12.4. The van der Waals surface area contributed by atoms with Crippen molar-refractivity contribution in [1.29, 1.82) is 0 Å². The summed E-state index contributed by atoms with van der Waals surface area (Å²) in [5, 5.41) is 2.91. The van der Waals surface area contributed by atoms with Crippen LogP contribution >= 0.6 is 0 Å². The second-order valence-electron chi connectivity index (χ2n) is 6.45. The number of carbonyl (C=O) groups is 1. The van der Waals surface area contributed by atoms with Crippen LogP contribution in [0.25, 0.3) is 0 Å². The number of nitrogens with zero attached hydrogens (tertiary/aromatic N) is 3. The molecule has 1 saturated heterocycles. The number of amides is 1. The molecule has 1 aromatic rings. The molecule has 0 atom stereocenters. The Morgan fingerprint density at radius 3 is 2.88 bits per heavy atom. The van der Waals surface area contributed by atoms with Gasteiger partial charge in [0.05, 0.1) is 12.4 Å². The fraction of sp³-hybridized carbons (Fsp3) is 0.526. The Labute approximate surface area is 155 Å². The number of hydrogen-bond acceptors (Lipinski definition) is 6. The lowest BCUT2D eigenvalue weighted by atomic mass is 9.96. The van der Waals surface area contributed by atoms with Gasteiger partial charge in [-0.2, -0.15) is 0 Å². The fourth-order valence-electron chi connectivity index (χ4n) is 2.83. The number of aromatic nitrogens is 1. The first-order valence-corrected chi connectivity index (χ1v) is 9.08. The van der Waals surface area contributed by atoms with Gasteiger partial charge in [-0.05, 0) is 58.5 Å². The van der Waals surface area contributed by atoms with Crippen molar-refractivity contribution in [2.24, 2.45) is 16.6 Å². The summed E-state index contributed by atoms with van der Waals surface area (Å²) < 4.78 is 5.93. The van der Waals surface area contributed by atoms with Crippen LogP contribution in [-0.2, 0) is 4.79 Å². The largest absolute Gasteiger partial charge is 0.456 e. The van der Waals surface area contributed by atoms with Crippen molar-refractivity contribution in [2.75, 3.05) is 32.1 Å². The first-order chi connectivity index (χ1) is 12.5. The third-order valence-electron chi connectivity index (χ3n) is 4.37. The van der Waals surface area contributed by atoms with Crippen LogP contribution in [0, 0.1) is 5.92 Å². The number of ether oxygens (including phenoxy) is 1. The van der Waals surface area contributed by atoms with Crippen molar-refractivity contribution in [3.8, 4) is 5.75 Å². The van der Waals surface area contributed by atoms with E-state index in [0.717, 1.165) is 38.1 Å². The van der Waals surface area contributed by atoms with Gasteiger partial charge in [0.25, 0.3) is 0 Å². The van der Waals surface area contributed by atoms with E-state index in [2.05, 4.69) is 27.2 Å². The molecule has 2 rings (SSSR count). The topological polar surface area (TPSA) is 92.8 Å². The molecule has 7 nitrogen and oxygen atoms in total. The molecule has 0 radical (unpaired) electrons. The van der Waals surface area contributed by atoms with Gasteiger partial charge in [-0.3, -0.25) is 9.79 Å². The average molecular weight is 359 g/mol. The first kappa shape index (κ1) is 20.1. The molecule has 7 heteroatoms. The van der Waals surface area contributed by atoms with Crippen molar-refractivity contribution >= 4 is 17.4 Å². The molecule has 1 amide bonds. The summed E-state index contributed by atoms with van der Waals surface area (Å²) in [5.41, 5.74) is 6.22. The van der Waals surface area contributed by atoms with Crippen LogP contribution in [0.2, 0.25) is 0 Å². The highest BCUT2D eigenvalue weighted by Gasteiger charge is 2.23. The van der Waals surface area contributed by atoms with Crippen LogP contribution in [0.4, 0.5) is 5.82 Å². The van der Waals surface area contributed by atoms with Gasteiger partial charge in [-0.15, -0.1) is 0 Å². The zero-order valence-electron chi connectivity index (χ0n) is 15.9. The fourth-order valence-corrected chi connectivity index (χ4v) is 2.83. The lowest BCUT2D eigenvalue weighted by Crippen LogP contribution is -2.36. The zero-order valence-corrected chi connectivity index (χ0v) is 15.9. The molecule has 1 aliphatic rings. The summed E-state index contributed by atoms with van der Waals surface area (Å²) in [6.07, 6.45) is 6.13. The molecule has 142 valence electrons. The predicted molar refractivity (Wildman–Crippen MR) is 104 cm³/mol. The van der Waals surface area contributed by atoms with Gasteiger partial charge in [0.15, 0.2) is 0 Å². The Balaban J connectivity index is 2.04. The molecule has 0 aromatic carbocycles. The van der Waals surface area contributed by atoms with Crippen LogP contribution in [0.1, 0.15) is 33.1 Å². The Bertz CT molecular complexity index is 664. The van der Waals surface area contributed by atoms with Crippen LogP contribution in [-0.4, -0.2) is 48.3 Å². The summed E-state index contributed by atoms with van der Waals surface area (Å²) in [7, 11) is 2.08. The van der Waals surface area contributed by atoms with Crippen molar-refractivity contribution in [3.05, 3.63) is 30.2 Å². The molecule has 0 saturated carbocycles. The van der Waals surface area contributed by atoms with E-state index < -0.39 is 0 Å². The van der Waals surface area contributed by atoms with E-state index in [4.69, 9.17) is 10.5 Å². The quantitative estimate of drug-likeness (QED) is 0.576. The molecule has 2 heterocycles. The number of carbonyl (C=O) groups excluding carboxylic acids is 1. The van der Waals surface area contributed by atoms with E-state index in [9.17, 15) is 4.79 Å². The number of piperidine rings is 1. The Kier molecular flexibility index (Phi) is 7.74. The lowest BCUT2D eigenvalue weighted by molar-refractivity contribution is -0.121. The molecule has 0 aliphatic carbocycles. The average Bonchev–Trinajstić information content (AvgIpc) is 2.62. The van der Waals surface area contributed by atoms with Crippen molar-refractivity contribution in [1.82, 2.24) is 9.88 Å². The molecule has 3 N–H and O–H groups in total. The number of aliphatic imine (C=N–C) groups is 1. The number of hydrogen-bond donors (Lipinski definition) is 2. The normalized spacial score (nSPS) is 17.2. The van der Waals surface area contributed by atoms with Crippen LogP contribution in [0.15, 0.2) is 35.2 Å². The Hall–Kier alpha value is -2.25. The summed E-state index contributed by atoms with van der Waals surface area (Å²) >= 11 is 0. The summed E-state index contributed by atoms with van der Waals surface area (Å²) in [4.78, 5) is 23.1. The smallest absolute Gasteiger partial charge is 0.228 e. The van der Waals surface area contributed by atoms with E-state index in [-0.39, 0.29) is 18.5 Å². The number of pyridine rings is 1. The number of nitrogens with two attached hydrogens (primary N) is 1. The molecule has 0 bridgehead atoms. The summed E-state index contributed by atoms with van der Waals surface area (Å²) in [5.74, 6) is 1.82. The van der Waals surface area contributed by atoms with Gasteiger partial charge in [0.2, 0.25) is 5.91 Å². The van der Waals surface area contributed by atoms with Crippen LogP contribution in [0.5, 0.6) is 5.75 Å². The third kappa shape index (κ3) is 5.93. The van der Waals surface area contributed by atoms with Gasteiger partial charge in [-0.25, -0.2) is 4.98 Å². The number of allylic oxidation sites excluding steroid dienone is 2. The van der Waals surface area contributed by atoms with Crippen molar-refractivity contribution < 1.29 is 9.53 Å². The van der Waals surface area contributed by atoms with Crippen molar-refractivity contribution in [3.63, 3.8) is 0 Å². The highest BCUT2D eigenvalue weighted by atomic mass is 16.5. The number of anilines is 1. The molecular formula is C19H29N5O2. The second kappa shape index (κ2) is 10.0. The highest BCUT2D eigenvalue weighted by Crippen LogP contribution is 2.21. The van der Waals surface area contributed by atoms with E-state index in [1.54, 1.807) is 18.3 Å². The number of likely N-dealkylation sites (tertiary alicyclic amines) is 1. The highest BCUT2D eigenvalue weighted by molar-refractivity contribution is 5.96. The maximum Gasteiger partial charge on any atom is 0.228 e. The minimum atomic E-state index is 0.0212. The first-order valence-electron chi connectivity index (χ1n) is 9.08. The molecule has 1 fully saturated rings. The van der Waals surface area contributed by atoms with Crippen molar-refractivity contribution in [2.45, 2.75) is 33.1 Å². The van der Waals surface area contributed by atoms with Gasteiger partial charge in [0, 0.05) is 18.2 Å². The van der Waals surface area contributed by atoms with Gasteiger partial charge < -0.3 is 20.7 Å². The van der Waals surface area contributed by atoms with Gasteiger partial charge >= 0.3 is 0 Å². The van der Waals surface area contributed by atoms with E-state index >= 15 is 0 Å². The number of rotatable bonds is 7. The molecule has 26 heavy (non-hydrogen) atoms. The maximum absolute atomic E-state index is 12.4. The lowest BCUT2D eigenvalue weighted by Gasteiger charge is -2.27. The van der Waals surface area contributed by atoms with E-state index in [1.165, 1.54) is 0 Å². The Morgan fingerprint density at radius 1 is 1.50 bits per heavy atom. The van der Waals surface area contributed by atoms with E-state index in [0.29, 0.717) is 17.3 Å². The van der Waals surface area contributed by atoms with Gasteiger partial charge in [-0.1, -0.05) is 6.92 Å². The Morgan fingerprint density at radius 2 is 2.23 bits per heavy atom. The minimum absolute atomic E-state index is 0.0212. The minimum Gasteiger partial charge on any atom is -0.456 e. The molecule has 0 unspecified atom stereocenters. The SMILES string of the molecule is CC/C=C(/Oc1ccnc(NC(=O)C2CCN(C)CC2)c1)C(C)=NCN. The molecular weight excluding hydrogens is 330 g/mol. The van der Waals surface area contributed by atoms with Crippen LogP contribution in [0.3, 0.4) is 0 Å². The second-order valence-corrected chi connectivity index (χ2v) is 6.45. The molecule has 1 aromatic heterocycles. The van der Waals surface area contributed by atoms with Gasteiger partial charge in [0.1, 0.15) is 17.3 Å². The predicted octanol–water partition coefficient (Wildman–Crippen LogP) is 2.41. The summed E-state index contributed by atoms with van der Waals surface area (Å²) in [6.45, 7) is 5.99. The zero-order chi connectivity index (χ0) is 18.9. The van der Waals surface area contributed by atoms with E-state index in [1.807, 2.05) is 19.9 Å². The monoisotopic (exact) mass is 359 g/mol.